The number of hydrogen-bond acceptors (Lipinski definition) is 2. The van der Waals surface area contributed by atoms with Crippen molar-refractivity contribution in [1.82, 2.24) is 0 Å². The summed E-state index contributed by atoms with van der Waals surface area (Å²) < 4.78 is 25.5. The van der Waals surface area contributed by atoms with Gasteiger partial charge in [0.2, 0.25) is 0 Å². The summed E-state index contributed by atoms with van der Waals surface area (Å²) in [4.78, 5) is -3.19. The fourth-order valence-electron chi connectivity index (χ4n) is 1.40. The topological polar surface area (TPSA) is 46.2 Å². The van der Waals surface area contributed by atoms with E-state index in [9.17, 15) is 13.9 Å². The largest absolute Gasteiger partial charge is 0.383 e. The Balaban J connectivity index is 2.62. The highest BCUT2D eigenvalue weighted by Gasteiger charge is 2.51. The summed E-state index contributed by atoms with van der Waals surface area (Å²) in [6, 6.07) is -0.0416. The van der Waals surface area contributed by atoms with Crippen LogP contribution >= 0.6 is 15.9 Å². The number of hydrogen-bond donors (Lipinski definition) is 2. The van der Waals surface area contributed by atoms with E-state index in [0.717, 1.165) is 0 Å². The molecule has 0 aromatic carbocycles. The van der Waals surface area contributed by atoms with Crippen LogP contribution in [0.3, 0.4) is 0 Å². The van der Waals surface area contributed by atoms with Gasteiger partial charge in [0, 0.05) is 6.04 Å². The predicted molar refractivity (Wildman–Crippen MR) is 45.3 cm³/mol. The fraction of sp³-hybridized carbons (Fsp3) is 1.00. The van der Waals surface area contributed by atoms with Crippen molar-refractivity contribution in [2.75, 3.05) is 0 Å². The molecule has 1 aliphatic carbocycles. The van der Waals surface area contributed by atoms with Crippen LogP contribution < -0.4 is 5.73 Å². The minimum absolute atomic E-state index is 0.0416. The van der Waals surface area contributed by atoms with Crippen LogP contribution in [-0.2, 0) is 0 Å². The van der Waals surface area contributed by atoms with Crippen LogP contribution in [0, 0.1) is 0 Å². The van der Waals surface area contributed by atoms with Gasteiger partial charge in [-0.1, -0.05) is 0 Å². The van der Waals surface area contributed by atoms with Crippen molar-refractivity contribution in [1.29, 1.82) is 0 Å². The minimum atomic E-state index is -3.19. The maximum absolute atomic E-state index is 12.7. The lowest BCUT2D eigenvalue weighted by Gasteiger charge is -2.37. The van der Waals surface area contributed by atoms with Crippen LogP contribution in [0.15, 0.2) is 0 Å². The highest BCUT2D eigenvalue weighted by atomic mass is 79.9. The van der Waals surface area contributed by atoms with E-state index in [-0.39, 0.29) is 18.9 Å². The van der Waals surface area contributed by atoms with E-state index < -0.39 is 10.4 Å². The lowest BCUT2D eigenvalue weighted by molar-refractivity contribution is -0.135. The summed E-state index contributed by atoms with van der Waals surface area (Å²) >= 11 is 2.19. The lowest BCUT2D eigenvalue weighted by Crippen LogP contribution is -2.48. The summed E-state index contributed by atoms with van der Waals surface area (Å²) in [7, 11) is 0. The van der Waals surface area contributed by atoms with Crippen LogP contribution in [-0.4, -0.2) is 21.6 Å². The first kappa shape index (κ1) is 10.3. The normalized spacial score (nSPS) is 38.2. The number of rotatable bonds is 1. The Kier molecular flexibility index (Phi) is 2.75. The molecule has 1 saturated carbocycles. The molecule has 0 amide bonds. The van der Waals surface area contributed by atoms with Gasteiger partial charge < -0.3 is 10.8 Å². The van der Waals surface area contributed by atoms with Crippen LogP contribution in [0.25, 0.3) is 0 Å². The van der Waals surface area contributed by atoms with Crippen molar-refractivity contribution in [3.05, 3.63) is 0 Å². The van der Waals surface area contributed by atoms with Crippen LogP contribution in [0.2, 0.25) is 0 Å². The molecule has 1 fully saturated rings. The van der Waals surface area contributed by atoms with Crippen LogP contribution in [0.4, 0.5) is 8.78 Å². The van der Waals surface area contributed by atoms with Gasteiger partial charge in [-0.3, -0.25) is 0 Å². The van der Waals surface area contributed by atoms with Crippen molar-refractivity contribution in [3.8, 4) is 0 Å². The Morgan fingerprint density at radius 1 is 1.42 bits per heavy atom. The number of aliphatic hydroxyl groups is 1. The van der Waals surface area contributed by atoms with Crippen molar-refractivity contribution in [2.24, 2.45) is 5.73 Å². The quantitative estimate of drug-likeness (QED) is 0.688. The second-order valence-corrected chi connectivity index (χ2v) is 4.36. The smallest absolute Gasteiger partial charge is 0.329 e. The predicted octanol–water partition coefficient (Wildman–Crippen LogP) is 1.61. The van der Waals surface area contributed by atoms with Crippen LogP contribution in [0.1, 0.15) is 25.7 Å². The Labute approximate surface area is 78.3 Å². The first-order valence-electron chi connectivity index (χ1n) is 3.90. The third-order valence-corrected chi connectivity index (χ3v) is 3.12. The second kappa shape index (κ2) is 3.20. The summed E-state index contributed by atoms with van der Waals surface area (Å²) in [5, 5.41) is 9.47. The highest BCUT2D eigenvalue weighted by Crippen LogP contribution is 2.43. The van der Waals surface area contributed by atoms with E-state index in [2.05, 4.69) is 15.9 Å². The molecule has 0 unspecified atom stereocenters. The summed E-state index contributed by atoms with van der Waals surface area (Å²) in [6.45, 7) is 0. The molecule has 1 rings (SSSR count). The first-order valence-corrected chi connectivity index (χ1v) is 4.69. The van der Waals surface area contributed by atoms with Crippen molar-refractivity contribution in [2.45, 2.75) is 42.2 Å². The van der Waals surface area contributed by atoms with Crippen molar-refractivity contribution in [3.63, 3.8) is 0 Å². The van der Waals surface area contributed by atoms with Gasteiger partial charge in [0.25, 0.3) is 0 Å². The number of nitrogens with two attached hydrogens (primary N) is 1. The molecule has 12 heavy (non-hydrogen) atoms. The molecular formula is C7H12BrF2NO. The van der Waals surface area contributed by atoms with Gasteiger partial charge in [-0.05, 0) is 41.6 Å². The van der Waals surface area contributed by atoms with E-state index >= 15 is 0 Å². The van der Waals surface area contributed by atoms with Gasteiger partial charge in [-0.25, -0.2) is 0 Å². The Morgan fingerprint density at radius 2 is 1.83 bits per heavy atom. The van der Waals surface area contributed by atoms with Gasteiger partial charge in [-0.15, -0.1) is 0 Å². The van der Waals surface area contributed by atoms with Gasteiger partial charge in [0.05, 0.1) is 0 Å². The Hall–Kier alpha value is 0.260. The molecule has 0 heterocycles. The van der Waals surface area contributed by atoms with Crippen molar-refractivity contribution < 1.29 is 13.9 Å². The maximum atomic E-state index is 12.7. The third kappa shape index (κ3) is 1.95. The van der Waals surface area contributed by atoms with Gasteiger partial charge in [-0.2, -0.15) is 8.78 Å². The molecule has 3 N–H and O–H groups in total. The summed E-state index contributed by atoms with van der Waals surface area (Å²) in [5.41, 5.74) is 3.63. The van der Waals surface area contributed by atoms with E-state index in [1.807, 2.05) is 0 Å². The zero-order valence-corrected chi connectivity index (χ0v) is 8.15. The molecule has 0 aliphatic heterocycles. The molecule has 0 spiro atoms. The monoisotopic (exact) mass is 243 g/mol. The zero-order chi connectivity index (χ0) is 9.41. The summed E-state index contributed by atoms with van der Waals surface area (Å²) in [5.74, 6) is 0. The fourth-order valence-corrected chi connectivity index (χ4v) is 1.80. The molecule has 0 saturated heterocycles. The molecule has 2 nitrogen and oxygen atoms in total. The first-order chi connectivity index (χ1) is 5.35. The molecule has 0 radical (unpaired) electrons. The van der Waals surface area contributed by atoms with Crippen LogP contribution in [0.5, 0.6) is 0 Å². The molecule has 0 aromatic rings. The standard InChI is InChI=1S/C7H12BrF2NO/c8-7(9,10)6(12)3-1-5(11)2-4-6/h5,12H,1-4,11H2. The zero-order valence-electron chi connectivity index (χ0n) is 6.56. The van der Waals surface area contributed by atoms with Gasteiger partial charge in [0.1, 0.15) is 5.60 Å². The van der Waals surface area contributed by atoms with Crippen molar-refractivity contribution >= 4 is 15.9 Å². The second-order valence-electron chi connectivity index (χ2n) is 3.37. The Morgan fingerprint density at radius 3 is 2.17 bits per heavy atom. The average molecular weight is 244 g/mol. The molecule has 5 heteroatoms. The van der Waals surface area contributed by atoms with Gasteiger partial charge in [0.15, 0.2) is 0 Å². The Bertz CT molecular complexity index is 163. The number of halogens is 3. The van der Waals surface area contributed by atoms with E-state index in [1.54, 1.807) is 0 Å². The molecule has 72 valence electrons. The minimum Gasteiger partial charge on any atom is -0.383 e. The molecule has 0 atom stereocenters. The van der Waals surface area contributed by atoms with E-state index in [4.69, 9.17) is 5.73 Å². The van der Waals surface area contributed by atoms with Gasteiger partial charge >= 0.3 is 4.83 Å². The molecular weight excluding hydrogens is 232 g/mol. The van der Waals surface area contributed by atoms with E-state index in [0.29, 0.717) is 12.8 Å². The average Bonchev–Trinajstić information content (AvgIpc) is 1.93. The lowest BCUT2D eigenvalue weighted by atomic mass is 9.83. The molecule has 0 bridgehead atoms. The molecule has 1 aliphatic rings. The SMILES string of the molecule is NC1CCC(O)(C(F)(F)Br)CC1. The summed E-state index contributed by atoms with van der Waals surface area (Å²) in [6.07, 6.45) is 1.04. The van der Waals surface area contributed by atoms with E-state index in [1.165, 1.54) is 0 Å². The maximum Gasteiger partial charge on any atom is 0.329 e. The highest BCUT2D eigenvalue weighted by molar-refractivity contribution is 9.10. The third-order valence-electron chi connectivity index (χ3n) is 2.39. The molecule has 0 aromatic heterocycles. The number of alkyl halides is 3.